The molecule has 0 spiro atoms. The Balaban J connectivity index is 1.38. The first kappa shape index (κ1) is 20.7. The smallest absolute Gasteiger partial charge is 0.260 e. The first-order chi connectivity index (χ1) is 14.6. The summed E-state index contributed by atoms with van der Waals surface area (Å²) in [7, 11) is 0. The quantitative estimate of drug-likeness (QED) is 0.722. The van der Waals surface area contributed by atoms with Gasteiger partial charge in [-0.05, 0) is 67.6 Å². The Bertz CT molecular complexity index is 884. The summed E-state index contributed by atoms with van der Waals surface area (Å²) in [6.45, 7) is 1.69. The fourth-order valence-corrected chi connectivity index (χ4v) is 4.61. The van der Waals surface area contributed by atoms with Crippen LogP contribution in [0.3, 0.4) is 0 Å². The second-order valence-electron chi connectivity index (χ2n) is 8.15. The molecule has 0 unspecified atom stereocenters. The largest absolute Gasteiger partial charge is 0.484 e. The number of halogens is 1. The van der Waals surface area contributed by atoms with Crippen molar-refractivity contribution in [1.29, 1.82) is 0 Å². The van der Waals surface area contributed by atoms with Crippen LogP contribution in [0.1, 0.15) is 44.1 Å². The van der Waals surface area contributed by atoms with Crippen LogP contribution >= 0.6 is 11.6 Å². The zero-order chi connectivity index (χ0) is 21.0. The maximum atomic E-state index is 13.2. The number of likely N-dealkylation sites (tertiary alicyclic amines) is 1. The Morgan fingerprint density at radius 2 is 1.57 bits per heavy atom. The minimum atomic E-state index is -0.512. The van der Waals surface area contributed by atoms with Crippen LogP contribution in [0.15, 0.2) is 48.5 Å². The summed E-state index contributed by atoms with van der Waals surface area (Å²) in [6, 6.07) is 14.8. The first-order valence-corrected chi connectivity index (χ1v) is 11.0. The second-order valence-corrected chi connectivity index (χ2v) is 8.59. The summed E-state index contributed by atoms with van der Waals surface area (Å²) in [5.41, 5.74) is 1.22. The Kier molecular flexibility index (Phi) is 6.28. The van der Waals surface area contributed by atoms with E-state index in [1.54, 1.807) is 12.1 Å². The number of benzene rings is 2. The van der Waals surface area contributed by atoms with Crippen LogP contribution in [-0.4, -0.2) is 36.4 Å². The number of hydrogen-bond acceptors (Lipinski definition) is 3. The van der Waals surface area contributed by atoms with E-state index in [0.717, 1.165) is 62.9 Å². The van der Waals surface area contributed by atoms with Crippen molar-refractivity contribution >= 4 is 29.1 Å². The molecular formula is C24H27ClN2O3. The van der Waals surface area contributed by atoms with Gasteiger partial charge in [0.05, 0.1) is 5.41 Å². The molecule has 2 aliphatic rings. The number of nitrogens with zero attached hydrogens (tertiary/aromatic N) is 1. The average Bonchev–Trinajstić information content (AvgIpc) is 3.46. The molecule has 5 nitrogen and oxygen atoms in total. The minimum absolute atomic E-state index is 0.0141. The standard InChI is InChI=1S/C24H27ClN2O3/c25-19-7-5-18(6-8-19)24(13-1-2-14-24)23(29)26-20-9-11-21(12-10-20)30-17-22(28)27-15-3-4-16-27/h5-12H,1-4,13-17H2,(H,26,29). The summed E-state index contributed by atoms with van der Waals surface area (Å²) in [5.74, 6) is 0.657. The highest BCUT2D eigenvalue weighted by molar-refractivity contribution is 6.30. The van der Waals surface area contributed by atoms with Gasteiger partial charge < -0.3 is 15.0 Å². The zero-order valence-electron chi connectivity index (χ0n) is 17.0. The van der Waals surface area contributed by atoms with E-state index < -0.39 is 5.41 Å². The Morgan fingerprint density at radius 3 is 2.20 bits per heavy atom. The van der Waals surface area contributed by atoms with E-state index in [1.807, 2.05) is 41.3 Å². The molecule has 4 rings (SSSR count). The summed E-state index contributed by atoms with van der Waals surface area (Å²) >= 11 is 6.03. The molecule has 0 radical (unpaired) electrons. The molecule has 2 aromatic carbocycles. The molecule has 0 atom stereocenters. The van der Waals surface area contributed by atoms with Gasteiger partial charge in [-0.1, -0.05) is 36.6 Å². The molecule has 1 saturated carbocycles. The predicted molar refractivity (Wildman–Crippen MR) is 118 cm³/mol. The maximum Gasteiger partial charge on any atom is 0.260 e. The highest BCUT2D eigenvalue weighted by atomic mass is 35.5. The van der Waals surface area contributed by atoms with E-state index >= 15 is 0 Å². The van der Waals surface area contributed by atoms with Crippen molar-refractivity contribution in [3.05, 3.63) is 59.1 Å². The molecule has 158 valence electrons. The van der Waals surface area contributed by atoms with E-state index in [0.29, 0.717) is 10.8 Å². The third-order valence-corrected chi connectivity index (χ3v) is 6.47. The van der Waals surface area contributed by atoms with Crippen LogP contribution in [0.2, 0.25) is 5.02 Å². The van der Waals surface area contributed by atoms with Crippen LogP contribution in [0.5, 0.6) is 5.75 Å². The van der Waals surface area contributed by atoms with Crippen LogP contribution < -0.4 is 10.1 Å². The predicted octanol–water partition coefficient (Wildman–Crippen LogP) is 4.79. The van der Waals surface area contributed by atoms with Gasteiger partial charge >= 0.3 is 0 Å². The highest BCUT2D eigenvalue weighted by Crippen LogP contribution is 2.42. The molecule has 1 aliphatic carbocycles. The van der Waals surface area contributed by atoms with Crippen LogP contribution in [0.25, 0.3) is 0 Å². The monoisotopic (exact) mass is 426 g/mol. The molecule has 30 heavy (non-hydrogen) atoms. The molecule has 0 bridgehead atoms. The van der Waals surface area contributed by atoms with E-state index in [4.69, 9.17) is 16.3 Å². The zero-order valence-corrected chi connectivity index (χ0v) is 17.8. The number of rotatable bonds is 6. The molecule has 6 heteroatoms. The lowest BCUT2D eigenvalue weighted by molar-refractivity contribution is -0.132. The maximum absolute atomic E-state index is 13.2. The number of anilines is 1. The Morgan fingerprint density at radius 1 is 0.933 bits per heavy atom. The van der Waals surface area contributed by atoms with E-state index in [1.165, 1.54) is 0 Å². The molecule has 1 saturated heterocycles. The third-order valence-electron chi connectivity index (χ3n) is 6.22. The lowest BCUT2D eigenvalue weighted by Crippen LogP contribution is -2.37. The summed E-state index contributed by atoms with van der Waals surface area (Å²) in [5, 5.41) is 3.74. The van der Waals surface area contributed by atoms with Crippen molar-refractivity contribution in [2.45, 2.75) is 43.9 Å². The molecule has 1 N–H and O–H groups in total. The van der Waals surface area contributed by atoms with Crippen molar-refractivity contribution in [1.82, 2.24) is 4.90 Å². The molecular weight excluding hydrogens is 400 g/mol. The Labute approximate surface area is 182 Å². The summed E-state index contributed by atoms with van der Waals surface area (Å²) in [4.78, 5) is 27.2. The SMILES string of the molecule is O=C(COc1ccc(NC(=O)C2(c3ccc(Cl)cc3)CCCC2)cc1)N1CCCC1. The Hall–Kier alpha value is -2.53. The summed E-state index contributed by atoms with van der Waals surface area (Å²) < 4.78 is 5.62. The number of carbonyl (C=O) groups is 2. The van der Waals surface area contributed by atoms with Crippen LogP contribution in [0.4, 0.5) is 5.69 Å². The van der Waals surface area contributed by atoms with Crippen molar-refractivity contribution in [2.75, 3.05) is 25.0 Å². The first-order valence-electron chi connectivity index (χ1n) is 10.6. The van der Waals surface area contributed by atoms with Gasteiger partial charge in [-0.3, -0.25) is 9.59 Å². The fourth-order valence-electron chi connectivity index (χ4n) is 4.48. The number of nitrogens with one attached hydrogen (secondary N) is 1. The van der Waals surface area contributed by atoms with E-state index in [9.17, 15) is 9.59 Å². The molecule has 2 amide bonds. The van der Waals surface area contributed by atoms with Crippen molar-refractivity contribution < 1.29 is 14.3 Å². The average molecular weight is 427 g/mol. The topological polar surface area (TPSA) is 58.6 Å². The van der Waals surface area contributed by atoms with Gasteiger partial charge in [0, 0.05) is 23.8 Å². The van der Waals surface area contributed by atoms with Gasteiger partial charge in [-0.2, -0.15) is 0 Å². The second kappa shape index (κ2) is 9.09. The van der Waals surface area contributed by atoms with Gasteiger partial charge in [0.15, 0.2) is 6.61 Å². The normalized spacial score (nSPS) is 17.7. The van der Waals surface area contributed by atoms with Crippen molar-refractivity contribution in [3.63, 3.8) is 0 Å². The molecule has 1 heterocycles. The van der Waals surface area contributed by atoms with Gasteiger partial charge in [0.25, 0.3) is 5.91 Å². The number of ether oxygens (including phenoxy) is 1. The van der Waals surface area contributed by atoms with E-state index in [2.05, 4.69) is 5.32 Å². The molecule has 2 fully saturated rings. The van der Waals surface area contributed by atoms with Gasteiger partial charge in [0.1, 0.15) is 5.75 Å². The minimum Gasteiger partial charge on any atom is -0.484 e. The van der Waals surface area contributed by atoms with Gasteiger partial charge in [0.2, 0.25) is 5.91 Å². The number of amides is 2. The molecule has 1 aliphatic heterocycles. The number of carbonyl (C=O) groups excluding carboxylic acids is 2. The lowest BCUT2D eigenvalue weighted by Gasteiger charge is -2.28. The molecule has 0 aromatic heterocycles. The number of hydrogen-bond donors (Lipinski definition) is 1. The fraction of sp³-hybridized carbons (Fsp3) is 0.417. The van der Waals surface area contributed by atoms with Crippen molar-refractivity contribution in [2.24, 2.45) is 0 Å². The van der Waals surface area contributed by atoms with Crippen molar-refractivity contribution in [3.8, 4) is 5.75 Å². The molecule has 2 aromatic rings. The van der Waals surface area contributed by atoms with Crippen LogP contribution in [0, 0.1) is 0 Å². The summed E-state index contributed by atoms with van der Waals surface area (Å²) in [6.07, 6.45) is 5.87. The lowest BCUT2D eigenvalue weighted by atomic mass is 9.78. The van der Waals surface area contributed by atoms with Gasteiger partial charge in [-0.15, -0.1) is 0 Å². The third kappa shape index (κ3) is 4.46. The van der Waals surface area contributed by atoms with Gasteiger partial charge in [-0.25, -0.2) is 0 Å². The van der Waals surface area contributed by atoms with Crippen LogP contribution in [-0.2, 0) is 15.0 Å². The van der Waals surface area contributed by atoms with E-state index in [-0.39, 0.29) is 18.4 Å². The highest BCUT2D eigenvalue weighted by Gasteiger charge is 2.42.